The SMILES string of the molecule is CCNc1ncc(Cl)c(NCCc2cccc(F)c2)n1. The van der Waals surface area contributed by atoms with Gasteiger partial charge in [0.2, 0.25) is 5.95 Å². The fourth-order valence-corrected chi connectivity index (χ4v) is 1.91. The lowest BCUT2D eigenvalue weighted by Gasteiger charge is -2.09. The zero-order valence-corrected chi connectivity index (χ0v) is 11.9. The lowest BCUT2D eigenvalue weighted by molar-refractivity contribution is 0.625. The molecule has 2 aromatic rings. The van der Waals surface area contributed by atoms with Crippen LogP contribution in [-0.4, -0.2) is 23.1 Å². The smallest absolute Gasteiger partial charge is 0.224 e. The Bertz CT molecular complexity index is 577. The highest BCUT2D eigenvalue weighted by Gasteiger charge is 2.04. The van der Waals surface area contributed by atoms with Crippen LogP contribution in [0.5, 0.6) is 0 Å². The van der Waals surface area contributed by atoms with Crippen LogP contribution in [0.25, 0.3) is 0 Å². The molecule has 4 nitrogen and oxygen atoms in total. The van der Waals surface area contributed by atoms with Crippen molar-refractivity contribution < 1.29 is 4.39 Å². The van der Waals surface area contributed by atoms with E-state index in [0.29, 0.717) is 29.8 Å². The molecule has 2 N–H and O–H groups in total. The number of nitrogens with one attached hydrogen (secondary N) is 2. The molecule has 106 valence electrons. The normalized spacial score (nSPS) is 10.3. The molecule has 2 rings (SSSR count). The largest absolute Gasteiger partial charge is 0.368 e. The van der Waals surface area contributed by atoms with Crippen LogP contribution in [0, 0.1) is 5.82 Å². The maximum absolute atomic E-state index is 13.0. The molecule has 0 aliphatic heterocycles. The van der Waals surface area contributed by atoms with Crippen LogP contribution in [0.1, 0.15) is 12.5 Å². The van der Waals surface area contributed by atoms with Crippen molar-refractivity contribution in [3.63, 3.8) is 0 Å². The van der Waals surface area contributed by atoms with Crippen molar-refractivity contribution in [2.75, 3.05) is 23.7 Å². The fourth-order valence-electron chi connectivity index (χ4n) is 1.75. The van der Waals surface area contributed by atoms with Crippen molar-refractivity contribution in [3.8, 4) is 0 Å². The van der Waals surface area contributed by atoms with Gasteiger partial charge in [-0.15, -0.1) is 0 Å². The number of benzene rings is 1. The average Bonchev–Trinajstić information content (AvgIpc) is 2.43. The Kier molecular flexibility index (Phi) is 5.12. The standard InChI is InChI=1S/C14H16ClFN4/c1-2-17-14-19-9-12(15)13(20-14)18-7-6-10-4-3-5-11(16)8-10/h3-5,8-9H,2,6-7H2,1H3,(H2,17,18,19,20). The Morgan fingerprint density at radius 2 is 2.15 bits per heavy atom. The zero-order chi connectivity index (χ0) is 14.4. The minimum Gasteiger partial charge on any atom is -0.368 e. The summed E-state index contributed by atoms with van der Waals surface area (Å²) < 4.78 is 13.0. The summed E-state index contributed by atoms with van der Waals surface area (Å²) >= 11 is 6.03. The molecule has 0 unspecified atom stereocenters. The average molecular weight is 295 g/mol. The first-order chi connectivity index (χ1) is 9.69. The van der Waals surface area contributed by atoms with Crippen molar-refractivity contribution in [2.45, 2.75) is 13.3 Å². The van der Waals surface area contributed by atoms with Crippen LogP contribution in [0.3, 0.4) is 0 Å². The number of hydrogen-bond donors (Lipinski definition) is 2. The Morgan fingerprint density at radius 1 is 1.30 bits per heavy atom. The molecule has 0 aliphatic carbocycles. The fraction of sp³-hybridized carbons (Fsp3) is 0.286. The Balaban J connectivity index is 1.95. The monoisotopic (exact) mass is 294 g/mol. The van der Waals surface area contributed by atoms with Gasteiger partial charge in [0.25, 0.3) is 0 Å². The molecule has 0 fully saturated rings. The summed E-state index contributed by atoms with van der Waals surface area (Å²) in [5, 5.41) is 6.62. The maximum atomic E-state index is 13.0. The van der Waals surface area contributed by atoms with Gasteiger partial charge >= 0.3 is 0 Å². The van der Waals surface area contributed by atoms with E-state index in [1.54, 1.807) is 12.3 Å². The van der Waals surface area contributed by atoms with Crippen molar-refractivity contribution in [1.82, 2.24) is 9.97 Å². The van der Waals surface area contributed by atoms with Crippen LogP contribution in [0.15, 0.2) is 30.5 Å². The van der Waals surface area contributed by atoms with Crippen molar-refractivity contribution in [3.05, 3.63) is 46.9 Å². The first-order valence-corrected chi connectivity index (χ1v) is 6.81. The molecule has 0 amide bonds. The summed E-state index contributed by atoms with van der Waals surface area (Å²) in [4.78, 5) is 8.33. The van der Waals surface area contributed by atoms with Gasteiger partial charge < -0.3 is 10.6 Å². The van der Waals surface area contributed by atoms with E-state index in [4.69, 9.17) is 11.6 Å². The molecular weight excluding hydrogens is 279 g/mol. The van der Waals surface area contributed by atoms with Gasteiger partial charge in [-0.3, -0.25) is 0 Å². The minimum atomic E-state index is -0.225. The lowest BCUT2D eigenvalue weighted by atomic mass is 10.1. The van der Waals surface area contributed by atoms with E-state index in [2.05, 4.69) is 20.6 Å². The van der Waals surface area contributed by atoms with E-state index in [9.17, 15) is 4.39 Å². The third kappa shape index (κ3) is 4.06. The Morgan fingerprint density at radius 3 is 2.90 bits per heavy atom. The predicted molar refractivity (Wildman–Crippen MR) is 79.8 cm³/mol. The van der Waals surface area contributed by atoms with E-state index in [1.165, 1.54) is 12.1 Å². The van der Waals surface area contributed by atoms with E-state index in [1.807, 2.05) is 13.0 Å². The Labute approximate surface area is 122 Å². The molecule has 6 heteroatoms. The molecule has 0 radical (unpaired) electrons. The second kappa shape index (κ2) is 7.05. The molecule has 0 atom stereocenters. The lowest BCUT2D eigenvalue weighted by Crippen LogP contribution is -2.09. The quantitative estimate of drug-likeness (QED) is 0.858. The van der Waals surface area contributed by atoms with Crippen molar-refractivity contribution >= 4 is 23.4 Å². The summed E-state index contributed by atoms with van der Waals surface area (Å²) in [6.45, 7) is 3.32. The van der Waals surface area contributed by atoms with E-state index in [-0.39, 0.29) is 5.82 Å². The number of nitrogens with zero attached hydrogens (tertiary/aromatic N) is 2. The van der Waals surface area contributed by atoms with Gasteiger partial charge in [0, 0.05) is 13.1 Å². The van der Waals surface area contributed by atoms with Crippen molar-refractivity contribution in [1.29, 1.82) is 0 Å². The van der Waals surface area contributed by atoms with E-state index < -0.39 is 0 Å². The molecule has 0 bridgehead atoms. The number of hydrogen-bond acceptors (Lipinski definition) is 4. The topological polar surface area (TPSA) is 49.8 Å². The molecule has 1 heterocycles. The summed E-state index contributed by atoms with van der Waals surface area (Å²) in [6.07, 6.45) is 2.24. The number of halogens is 2. The zero-order valence-electron chi connectivity index (χ0n) is 11.2. The summed E-state index contributed by atoms with van der Waals surface area (Å²) in [7, 11) is 0. The summed E-state index contributed by atoms with van der Waals surface area (Å²) in [6, 6.07) is 6.54. The highest BCUT2D eigenvalue weighted by atomic mass is 35.5. The van der Waals surface area contributed by atoms with E-state index in [0.717, 1.165) is 12.1 Å². The van der Waals surface area contributed by atoms with Gasteiger partial charge in [0.1, 0.15) is 16.7 Å². The highest BCUT2D eigenvalue weighted by molar-refractivity contribution is 6.32. The van der Waals surface area contributed by atoms with Gasteiger partial charge in [-0.1, -0.05) is 23.7 Å². The number of anilines is 2. The molecule has 20 heavy (non-hydrogen) atoms. The van der Waals surface area contributed by atoms with Gasteiger partial charge in [-0.2, -0.15) is 4.98 Å². The first-order valence-electron chi connectivity index (χ1n) is 6.43. The molecule has 0 saturated heterocycles. The molecule has 0 aliphatic rings. The van der Waals surface area contributed by atoms with Gasteiger partial charge in [0.15, 0.2) is 0 Å². The summed E-state index contributed by atoms with van der Waals surface area (Å²) in [5.74, 6) is 0.885. The van der Waals surface area contributed by atoms with Crippen LogP contribution in [-0.2, 0) is 6.42 Å². The third-order valence-corrected chi connectivity index (χ3v) is 2.95. The van der Waals surface area contributed by atoms with E-state index >= 15 is 0 Å². The van der Waals surface area contributed by atoms with Gasteiger partial charge in [-0.25, -0.2) is 9.37 Å². The third-order valence-electron chi connectivity index (χ3n) is 2.67. The minimum absolute atomic E-state index is 0.225. The highest BCUT2D eigenvalue weighted by Crippen LogP contribution is 2.19. The number of aromatic nitrogens is 2. The number of rotatable bonds is 6. The molecular formula is C14H16ClFN4. The second-order valence-electron chi connectivity index (χ2n) is 4.23. The van der Waals surface area contributed by atoms with Crippen LogP contribution < -0.4 is 10.6 Å². The molecule has 1 aromatic heterocycles. The maximum Gasteiger partial charge on any atom is 0.224 e. The van der Waals surface area contributed by atoms with Gasteiger partial charge in [-0.05, 0) is 31.0 Å². The van der Waals surface area contributed by atoms with Crippen LogP contribution >= 0.6 is 11.6 Å². The summed E-state index contributed by atoms with van der Waals surface area (Å²) in [5.41, 5.74) is 0.926. The Hall–Kier alpha value is -1.88. The van der Waals surface area contributed by atoms with Gasteiger partial charge in [0.05, 0.1) is 6.20 Å². The van der Waals surface area contributed by atoms with Crippen LogP contribution in [0.4, 0.5) is 16.2 Å². The first kappa shape index (κ1) is 14.5. The second-order valence-corrected chi connectivity index (χ2v) is 4.63. The molecule has 0 saturated carbocycles. The molecule has 1 aromatic carbocycles. The van der Waals surface area contributed by atoms with Crippen molar-refractivity contribution in [2.24, 2.45) is 0 Å². The predicted octanol–water partition coefficient (Wildman–Crippen LogP) is 3.36. The molecule has 0 spiro atoms. The van der Waals surface area contributed by atoms with Crippen LogP contribution in [0.2, 0.25) is 5.02 Å².